The molecule has 9 nitrogen and oxygen atoms in total. The van der Waals surface area contributed by atoms with E-state index < -0.39 is 18.7 Å². The molecule has 51 heavy (non-hydrogen) atoms. The maximum atomic E-state index is 13.0. The number of nitrogens with one attached hydrogen (secondary N) is 2. The van der Waals surface area contributed by atoms with Gasteiger partial charge in [-0.05, 0) is 63.0 Å². The summed E-state index contributed by atoms with van der Waals surface area (Å²) >= 11 is 0. The Bertz CT molecular complexity index is 1910. The second-order valence-electron chi connectivity index (χ2n) is 12.6. The highest BCUT2D eigenvalue weighted by Gasteiger charge is 2.30. The predicted molar refractivity (Wildman–Crippen MR) is 199 cm³/mol. The van der Waals surface area contributed by atoms with Crippen molar-refractivity contribution in [2.75, 3.05) is 39.8 Å². The Kier molecular flexibility index (Phi) is 13.7. The van der Waals surface area contributed by atoms with Gasteiger partial charge in [-0.2, -0.15) is 18.3 Å². The van der Waals surface area contributed by atoms with Gasteiger partial charge in [-0.3, -0.25) is 4.68 Å². The van der Waals surface area contributed by atoms with Gasteiger partial charge in [0, 0.05) is 48.6 Å². The molecule has 276 valence electrons. The highest BCUT2D eigenvalue weighted by Crippen LogP contribution is 2.39. The molecule has 2 aromatic heterocycles. The quantitative estimate of drug-likeness (QED) is 0.121. The van der Waals surface area contributed by atoms with Crippen LogP contribution in [0.1, 0.15) is 61.6 Å². The summed E-state index contributed by atoms with van der Waals surface area (Å²) in [7, 11) is 3.78. The van der Waals surface area contributed by atoms with Crippen molar-refractivity contribution in [3.63, 3.8) is 0 Å². The fraction of sp³-hybridized carbons (Fsp3) is 0.436. The molecule has 5 aromatic rings. The van der Waals surface area contributed by atoms with E-state index >= 15 is 0 Å². The van der Waals surface area contributed by atoms with Crippen LogP contribution in [0.5, 0.6) is 5.75 Å². The van der Waals surface area contributed by atoms with E-state index in [2.05, 4.69) is 34.5 Å². The predicted octanol–water partition coefficient (Wildman–Crippen LogP) is 7.64. The zero-order chi connectivity index (χ0) is 35.8. The van der Waals surface area contributed by atoms with Crippen LogP contribution in [0.15, 0.2) is 60.7 Å². The van der Waals surface area contributed by atoms with Crippen molar-refractivity contribution in [2.24, 2.45) is 7.05 Å². The highest BCUT2D eigenvalue weighted by atomic mass is 19.4. The second-order valence-corrected chi connectivity index (χ2v) is 12.6. The number of aryl methyl sites for hydroxylation is 3. The zero-order valence-electron chi connectivity index (χ0n) is 29.2. The molecule has 0 saturated heterocycles. The van der Waals surface area contributed by atoms with Gasteiger partial charge in [0.05, 0.1) is 30.1 Å². The molecule has 0 aliphatic carbocycles. The molecule has 3 N–H and O–H groups in total. The lowest BCUT2D eigenvalue weighted by molar-refractivity contribution is -0.125. The molecule has 0 unspecified atom stereocenters. The molecule has 1 aliphatic rings. The van der Waals surface area contributed by atoms with Crippen LogP contribution >= 0.6 is 0 Å². The topological polar surface area (TPSA) is 96.6 Å². The summed E-state index contributed by atoms with van der Waals surface area (Å²) in [6.45, 7) is 7.34. The molecule has 0 bridgehead atoms. The summed E-state index contributed by atoms with van der Waals surface area (Å²) in [5.41, 5.74) is 4.63. The summed E-state index contributed by atoms with van der Waals surface area (Å²) in [6.07, 6.45) is -2.54. The van der Waals surface area contributed by atoms with Crippen molar-refractivity contribution in [3.05, 3.63) is 83.3 Å². The van der Waals surface area contributed by atoms with Crippen LogP contribution in [-0.2, 0) is 33.1 Å². The monoisotopic (exact) mass is 708 g/mol. The summed E-state index contributed by atoms with van der Waals surface area (Å²) in [4.78, 5) is 15.0. The number of hydrogen-bond donors (Lipinski definition) is 3. The van der Waals surface area contributed by atoms with E-state index in [9.17, 15) is 23.1 Å². The number of carbonyl (C=O) groups is 1. The molecule has 0 amide bonds. The van der Waals surface area contributed by atoms with Crippen LogP contribution in [0.25, 0.3) is 32.8 Å². The highest BCUT2D eigenvalue weighted by molar-refractivity contribution is 6.04. The number of rotatable bonds is 11. The average Bonchev–Trinajstić information content (AvgIpc) is 3.56. The number of para-hydroxylation sites is 1. The van der Waals surface area contributed by atoms with Gasteiger partial charge in [-0.15, -0.1) is 0 Å². The van der Waals surface area contributed by atoms with Gasteiger partial charge in [0.2, 0.25) is 0 Å². The molecule has 0 atom stereocenters. The van der Waals surface area contributed by atoms with E-state index in [1.54, 1.807) is 11.7 Å². The first kappa shape index (κ1) is 39.4. The zero-order valence-corrected chi connectivity index (χ0v) is 29.2. The van der Waals surface area contributed by atoms with Crippen molar-refractivity contribution in [2.45, 2.75) is 66.3 Å². The standard InChI is InChI=1S/C34H36F3N5O3.C4H11N.CH4/c1-40-16-8-17-42-31-24(12-6-13-26(31)30-27(19-38-21-34(35,36)37)39-41(2)28(30)20-40)25(32(42)33(43)44)14-7-18-45-29-15-5-10-22-9-3-4-11-23(22)29;1-3-5-4-2;/h3-6,9-13,15,38H,7-8,14,16-21H2,1-2H3,(H,43,44);5H,3-4H2,1-2H3;1H4. The van der Waals surface area contributed by atoms with Crippen LogP contribution in [0.4, 0.5) is 13.2 Å². The Morgan fingerprint density at radius 2 is 1.67 bits per heavy atom. The Balaban J connectivity index is 0.000000909. The number of benzene rings is 3. The molecule has 0 radical (unpaired) electrons. The van der Waals surface area contributed by atoms with E-state index in [0.717, 1.165) is 69.3 Å². The number of carboxylic acids is 1. The lowest BCUT2D eigenvalue weighted by atomic mass is 9.97. The van der Waals surface area contributed by atoms with E-state index in [4.69, 9.17) is 4.74 Å². The van der Waals surface area contributed by atoms with Gasteiger partial charge in [0.1, 0.15) is 11.4 Å². The Morgan fingerprint density at radius 1 is 0.961 bits per heavy atom. The van der Waals surface area contributed by atoms with Gasteiger partial charge >= 0.3 is 12.1 Å². The number of carboxylic acid groups (broad SMARTS) is 1. The lowest BCUT2D eigenvalue weighted by Crippen LogP contribution is -2.28. The number of alkyl halides is 3. The molecular formula is C39H51F3N6O3. The SMILES string of the molecule is C.CCNCC.CN1CCCn2c(C(=O)O)c(CCCOc3cccc4ccccc34)c3cccc(c32)-c2c(CNCC(F)(F)F)nn(C)c2C1. The second kappa shape index (κ2) is 17.7. The van der Waals surface area contributed by atoms with Gasteiger partial charge < -0.3 is 29.9 Å². The summed E-state index contributed by atoms with van der Waals surface area (Å²) in [6, 6.07) is 19.7. The largest absolute Gasteiger partial charge is 0.493 e. The number of fused-ring (bicyclic) bond motifs is 3. The van der Waals surface area contributed by atoms with Gasteiger partial charge in [-0.25, -0.2) is 4.79 Å². The lowest BCUT2D eigenvalue weighted by Gasteiger charge is -2.21. The number of aromatic nitrogens is 3. The van der Waals surface area contributed by atoms with E-state index in [1.165, 1.54) is 0 Å². The van der Waals surface area contributed by atoms with Gasteiger partial charge in [-0.1, -0.05) is 75.9 Å². The van der Waals surface area contributed by atoms with E-state index in [1.807, 2.05) is 72.3 Å². The van der Waals surface area contributed by atoms with E-state index in [0.29, 0.717) is 44.8 Å². The smallest absolute Gasteiger partial charge is 0.401 e. The van der Waals surface area contributed by atoms with Crippen LogP contribution in [0.3, 0.4) is 0 Å². The first-order valence-electron chi connectivity index (χ1n) is 17.2. The molecular weight excluding hydrogens is 657 g/mol. The summed E-state index contributed by atoms with van der Waals surface area (Å²) < 4.78 is 48.8. The van der Waals surface area contributed by atoms with Crippen molar-refractivity contribution in [3.8, 4) is 16.9 Å². The van der Waals surface area contributed by atoms with Crippen molar-refractivity contribution < 1.29 is 27.8 Å². The molecule has 6 rings (SSSR count). The van der Waals surface area contributed by atoms with E-state index in [-0.39, 0.29) is 19.7 Å². The summed E-state index contributed by atoms with van der Waals surface area (Å²) in [5, 5.41) is 23.7. The normalized spacial score (nSPS) is 13.3. The molecule has 12 heteroatoms. The molecule has 3 aromatic carbocycles. The third-order valence-corrected chi connectivity index (χ3v) is 8.93. The minimum absolute atomic E-state index is 0. The minimum atomic E-state index is -4.35. The van der Waals surface area contributed by atoms with Crippen molar-refractivity contribution in [1.29, 1.82) is 0 Å². The Morgan fingerprint density at radius 3 is 2.37 bits per heavy atom. The molecule has 0 spiro atoms. The fourth-order valence-electron chi connectivity index (χ4n) is 6.80. The Labute approximate surface area is 298 Å². The van der Waals surface area contributed by atoms with Gasteiger partial charge in [0.25, 0.3) is 0 Å². The Hall–Kier alpha value is -4.39. The fourth-order valence-corrected chi connectivity index (χ4v) is 6.80. The molecule has 0 fully saturated rings. The third kappa shape index (κ3) is 9.29. The number of aromatic carboxylic acids is 1. The first-order chi connectivity index (χ1) is 24.0. The van der Waals surface area contributed by atoms with Gasteiger partial charge in [0.15, 0.2) is 0 Å². The van der Waals surface area contributed by atoms with Crippen LogP contribution in [0, 0.1) is 0 Å². The molecule has 3 heterocycles. The number of halogens is 3. The van der Waals surface area contributed by atoms with Crippen molar-refractivity contribution >= 4 is 27.6 Å². The number of nitrogens with zero attached hydrogens (tertiary/aromatic N) is 4. The maximum Gasteiger partial charge on any atom is 0.401 e. The first-order valence-corrected chi connectivity index (χ1v) is 17.2. The maximum absolute atomic E-state index is 13.0. The van der Waals surface area contributed by atoms with Crippen LogP contribution in [0.2, 0.25) is 0 Å². The minimum Gasteiger partial charge on any atom is -0.493 e. The van der Waals surface area contributed by atoms with Crippen molar-refractivity contribution in [1.82, 2.24) is 29.9 Å². The summed E-state index contributed by atoms with van der Waals surface area (Å²) in [5.74, 6) is -0.222. The van der Waals surface area contributed by atoms with Crippen LogP contribution < -0.4 is 15.4 Å². The molecule has 0 saturated carbocycles. The average molecular weight is 709 g/mol. The number of hydrogen-bond acceptors (Lipinski definition) is 6. The van der Waals surface area contributed by atoms with Crippen LogP contribution in [-0.4, -0.2) is 76.3 Å². The number of ether oxygens (including phenoxy) is 1. The third-order valence-electron chi connectivity index (χ3n) is 8.93. The molecule has 1 aliphatic heterocycles.